The van der Waals surface area contributed by atoms with Crippen LogP contribution in [0.3, 0.4) is 0 Å². The predicted octanol–water partition coefficient (Wildman–Crippen LogP) is 2.17. The van der Waals surface area contributed by atoms with Gasteiger partial charge in [0.25, 0.3) is 0 Å². The molecule has 0 bridgehead atoms. The SMILES string of the molecule is CCCCCCCNCC(=O)N1CCCC1. The Balaban J connectivity index is 1.88. The lowest BCUT2D eigenvalue weighted by atomic mass is 10.1. The smallest absolute Gasteiger partial charge is 0.236 e. The summed E-state index contributed by atoms with van der Waals surface area (Å²) in [5, 5.41) is 3.25. The first kappa shape index (κ1) is 13.5. The molecule has 16 heavy (non-hydrogen) atoms. The summed E-state index contributed by atoms with van der Waals surface area (Å²) in [7, 11) is 0. The largest absolute Gasteiger partial charge is 0.342 e. The highest BCUT2D eigenvalue weighted by atomic mass is 16.2. The Morgan fingerprint density at radius 2 is 1.81 bits per heavy atom. The maximum absolute atomic E-state index is 11.6. The number of hydrogen-bond donors (Lipinski definition) is 1. The molecule has 3 nitrogen and oxygen atoms in total. The van der Waals surface area contributed by atoms with Gasteiger partial charge in [-0.1, -0.05) is 32.6 Å². The number of hydrogen-bond acceptors (Lipinski definition) is 2. The van der Waals surface area contributed by atoms with Gasteiger partial charge >= 0.3 is 0 Å². The zero-order valence-electron chi connectivity index (χ0n) is 10.6. The molecule has 3 heteroatoms. The van der Waals surface area contributed by atoms with Gasteiger partial charge in [-0.15, -0.1) is 0 Å². The minimum atomic E-state index is 0.283. The molecular formula is C13H26N2O. The Bertz CT molecular complexity index is 188. The van der Waals surface area contributed by atoms with Crippen molar-refractivity contribution in [3.05, 3.63) is 0 Å². The van der Waals surface area contributed by atoms with E-state index < -0.39 is 0 Å². The fourth-order valence-corrected chi connectivity index (χ4v) is 2.13. The Morgan fingerprint density at radius 3 is 2.50 bits per heavy atom. The Hall–Kier alpha value is -0.570. The quantitative estimate of drug-likeness (QED) is 0.643. The van der Waals surface area contributed by atoms with Crippen molar-refractivity contribution in [1.29, 1.82) is 0 Å². The molecule has 1 aliphatic heterocycles. The molecule has 0 aromatic carbocycles. The molecule has 1 N–H and O–H groups in total. The first-order chi connectivity index (χ1) is 7.84. The molecule has 0 aromatic heterocycles. The van der Waals surface area contributed by atoms with E-state index in [2.05, 4.69) is 12.2 Å². The van der Waals surface area contributed by atoms with Crippen molar-refractivity contribution in [2.45, 2.75) is 51.9 Å². The molecule has 1 rings (SSSR count). The highest BCUT2D eigenvalue weighted by molar-refractivity contribution is 5.78. The van der Waals surface area contributed by atoms with Crippen LogP contribution in [-0.2, 0) is 4.79 Å². The predicted molar refractivity (Wildman–Crippen MR) is 67.4 cm³/mol. The first-order valence-electron chi connectivity index (χ1n) is 6.83. The van der Waals surface area contributed by atoms with Gasteiger partial charge in [-0.05, 0) is 25.8 Å². The molecule has 1 amide bonds. The number of likely N-dealkylation sites (tertiary alicyclic amines) is 1. The number of unbranched alkanes of at least 4 members (excludes halogenated alkanes) is 4. The van der Waals surface area contributed by atoms with Crippen molar-refractivity contribution in [3.63, 3.8) is 0 Å². The fourth-order valence-electron chi connectivity index (χ4n) is 2.13. The maximum atomic E-state index is 11.6. The van der Waals surface area contributed by atoms with Gasteiger partial charge in [-0.25, -0.2) is 0 Å². The molecule has 1 saturated heterocycles. The normalized spacial score (nSPS) is 15.7. The highest BCUT2D eigenvalue weighted by Gasteiger charge is 2.16. The Kier molecular flexibility index (Phi) is 7.23. The van der Waals surface area contributed by atoms with E-state index in [-0.39, 0.29) is 5.91 Å². The van der Waals surface area contributed by atoms with Gasteiger partial charge in [0.15, 0.2) is 0 Å². The number of rotatable bonds is 8. The topological polar surface area (TPSA) is 32.3 Å². The summed E-state index contributed by atoms with van der Waals surface area (Å²) in [4.78, 5) is 13.6. The molecule has 0 aliphatic carbocycles. The van der Waals surface area contributed by atoms with E-state index in [4.69, 9.17) is 0 Å². The summed E-state index contributed by atoms with van der Waals surface area (Å²) in [6, 6.07) is 0. The monoisotopic (exact) mass is 226 g/mol. The Labute approximate surface area is 99.6 Å². The standard InChI is InChI=1S/C13H26N2O/c1-2-3-4-5-6-9-14-12-13(16)15-10-7-8-11-15/h14H,2-12H2,1H3. The number of carbonyl (C=O) groups is 1. The second-order valence-corrected chi connectivity index (χ2v) is 4.68. The van der Waals surface area contributed by atoms with Crippen molar-refractivity contribution in [3.8, 4) is 0 Å². The van der Waals surface area contributed by atoms with Gasteiger partial charge < -0.3 is 10.2 Å². The van der Waals surface area contributed by atoms with E-state index in [0.29, 0.717) is 6.54 Å². The van der Waals surface area contributed by atoms with Gasteiger partial charge in [-0.3, -0.25) is 4.79 Å². The molecule has 0 radical (unpaired) electrons. The lowest BCUT2D eigenvalue weighted by Crippen LogP contribution is -2.36. The molecule has 1 fully saturated rings. The van der Waals surface area contributed by atoms with Crippen LogP contribution in [0.1, 0.15) is 51.9 Å². The molecule has 0 saturated carbocycles. The van der Waals surface area contributed by atoms with Crippen molar-refractivity contribution < 1.29 is 4.79 Å². The molecule has 1 heterocycles. The van der Waals surface area contributed by atoms with Crippen LogP contribution in [0.25, 0.3) is 0 Å². The van der Waals surface area contributed by atoms with Crippen LogP contribution >= 0.6 is 0 Å². The van der Waals surface area contributed by atoms with E-state index >= 15 is 0 Å². The van der Waals surface area contributed by atoms with Crippen LogP contribution in [0, 0.1) is 0 Å². The van der Waals surface area contributed by atoms with Crippen LogP contribution in [0.4, 0.5) is 0 Å². The number of carbonyl (C=O) groups excluding carboxylic acids is 1. The molecule has 0 unspecified atom stereocenters. The molecule has 0 spiro atoms. The lowest BCUT2D eigenvalue weighted by Gasteiger charge is -2.15. The molecular weight excluding hydrogens is 200 g/mol. The molecule has 0 aromatic rings. The third-order valence-corrected chi connectivity index (χ3v) is 3.19. The van der Waals surface area contributed by atoms with E-state index in [9.17, 15) is 4.79 Å². The third-order valence-electron chi connectivity index (χ3n) is 3.19. The molecule has 94 valence electrons. The van der Waals surface area contributed by atoms with Crippen molar-refractivity contribution in [2.75, 3.05) is 26.2 Å². The second kappa shape index (κ2) is 8.57. The van der Waals surface area contributed by atoms with Gasteiger partial charge in [-0.2, -0.15) is 0 Å². The van der Waals surface area contributed by atoms with E-state index in [1.54, 1.807) is 0 Å². The zero-order valence-corrected chi connectivity index (χ0v) is 10.6. The second-order valence-electron chi connectivity index (χ2n) is 4.68. The van der Waals surface area contributed by atoms with E-state index in [1.807, 2.05) is 4.90 Å². The first-order valence-corrected chi connectivity index (χ1v) is 6.83. The van der Waals surface area contributed by atoms with Gasteiger partial charge in [0.05, 0.1) is 6.54 Å². The van der Waals surface area contributed by atoms with Crippen LogP contribution in [0.15, 0.2) is 0 Å². The lowest BCUT2D eigenvalue weighted by molar-refractivity contribution is -0.129. The summed E-state index contributed by atoms with van der Waals surface area (Å²) in [6.07, 6.45) is 8.82. The maximum Gasteiger partial charge on any atom is 0.236 e. The van der Waals surface area contributed by atoms with Crippen LogP contribution in [-0.4, -0.2) is 37.0 Å². The molecule has 1 aliphatic rings. The average Bonchev–Trinajstić information content (AvgIpc) is 2.81. The number of amides is 1. The van der Waals surface area contributed by atoms with Crippen LogP contribution in [0.5, 0.6) is 0 Å². The molecule has 0 atom stereocenters. The summed E-state index contributed by atoms with van der Waals surface area (Å²) >= 11 is 0. The highest BCUT2D eigenvalue weighted by Crippen LogP contribution is 2.06. The summed E-state index contributed by atoms with van der Waals surface area (Å²) < 4.78 is 0. The zero-order chi connectivity index (χ0) is 11.6. The average molecular weight is 226 g/mol. The minimum Gasteiger partial charge on any atom is -0.342 e. The van der Waals surface area contributed by atoms with Crippen molar-refractivity contribution in [1.82, 2.24) is 10.2 Å². The summed E-state index contributed by atoms with van der Waals surface area (Å²) in [6.45, 7) is 5.69. The Morgan fingerprint density at radius 1 is 1.12 bits per heavy atom. The number of nitrogens with zero attached hydrogens (tertiary/aromatic N) is 1. The minimum absolute atomic E-state index is 0.283. The third kappa shape index (κ3) is 5.50. The van der Waals surface area contributed by atoms with Crippen molar-refractivity contribution >= 4 is 5.91 Å². The van der Waals surface area contributed by atoms with E-state index in [1.165, 1.54) is 44.9 Å². The van der Waals surface area contributed by atoms with Crippen molar-refractivity contribution in [2.24, 2.45) is 0 Å². The van der Waals surface area contributed by atoms with Gasteiger partial charge in [0.1, 0.15) is 0 Å². The summed E-state index contributed by atoms with van der Waals surface area (Å²) in [5.74, 6) is 0.283. The van der Waals surface area contributed by atoms with E-state index in [0.717, 1.165) is 19.6 Å². The fraction of sp³-hybridized carbons (Fsp3) is 0.923. The van der Waals surface area contributed by atoms with Gasteiger partial charge in [0, 0.05) is 13.1 Å². The van der Waals surface area contributed by atoms with Crippen LogP contribution in [0.2, 0.25) is 0 Å². The summed E-state index contributed by atoms with van der Waals surface area (Å²) in [5.41, 5.74) is 0. The number of nitrogens with one attached hydrogen (secondary N) is 1. The van der Waals surface area contributed by atoms with Gasteiger partial charge in [0.2, 0.25) is 5.91 Å². The van der Waals surface area contributed by atoms with Crippen LogP contribution < -0.4 is 5.32 Å².